The van der Waals surface area contributed by atoms with Crippen LogP contribution in [0.1, 0.15) is 68.1 Å². The van der Waals surface area contributed by atoms with Crippen LogP contribution >= 0.6 is 0 Å². The molecule has 3 aromatic rings. The maximum atomic E-state index is 13.7. The topological polar surface area (TPSA) is 54.8 Å². The van der Waals surface area contributed by atoms with E-state index in [1.807, 2.05) is 65.7 Å². The summed E-state index contributed by atoms with van der Waals surface area (Å²) in [5.41, 5.74) is 2.81. The van der Waals surface area contributed by atoms with E-state index < -0.39 is 0 Å². The Balaban J connectivity index is 1.78. The first-order valence-corrected chi connectivity index (χ1v) is 13.4. The lowest BCUT2D eigenvalue weighted by atomic mass is 10.1. The summed E-state index contributed by atoms with van der Waals surface area (Å²) in [7, 11) is 1.67. The van der Waals surface area contributed by atoms with E-state index in [-0.39, 0.29) is 24.4 Å². The normalized spacial score (nSPS) is 11.7. The Hall–Kier alpha value is -3.54. The number of hydrogen-bond donors (Lipinski definition) is 0. The molecule has 0 aliphatic rings. The zero-order valence-electron chi connectivity index (χ0n) is 22.7. The van der Waals surface area contributed by atoms with Gasteiger partial charge in [-0.05, 0) is 61.7 Å². The molecule has 0 radical (unpaired) electrons. The molecule has 6 heteroatoms. The van der Waals surface area contributed by atoms with Gasteiger partial charge >= 0.3 is 0 Å². The van der Waals surface area contributed by atoms with Gasteiger partial charge in [0.25, 0.3) is 5.91 Å². The summed E-state index contributed by atoms with van der Waals surface area (Å²) >= 11 is 0. The van der Waals surface area contributed by atoms with Crippen LogP contribution in [0.3, 0.4) is 0 Å². The lowest BCUT2D eigenvalue weighted by molar-refractivity contribution is -0.134. The number of amides is 2. The number of carbonyl (C=O) groups excluding carboxylic acids is 2. The molecular formula is C31H41N3O3. The van der Waals surface area contributed by atoms with E-state index in [4.69, 9.17) is 4.74 Å². The van der Waals surface area contributed by atoms with Gasteiger partial charge in [-0.2, -0.15) is 0 Å². The Labute approximate surface area is 221 Å². The Morgan fingerprint density at radius 1 is 0.973 bits per heavy atom. The van der Waals surface area contributed by atoms with Crippen LogP contribution in [0.25, 0.3) is 0 Å². The van der Waals surface area contributed by atoms with Gasteiger partial charge in [-0.25, -0.2) is 0 Å². The van der Waals surface area contributed by atoms with Gasteiger partial charge in [0.2, 0.25) is 5.91 Å². The Bertz CT molecular complexity index is 1130. The summed E-state index contributed by atoms with van der Waals surface area (Å²) in [6.45, 7) is 8.15. The van der Waals surface area contributed by atoms with Crippen molar-refractivity contribution in [3.63, 3.8) is 0 Å². The van der Waals surface area contributed by atoms with E-state index >= 15 is 0 Å². The molecule has 1 aromatic heterocycles. The number of methoxy groups -OCH3 is 1. The van der Waals surface area contributed by atoms with Crippen LogP contribution < -0.4 is 4.74 Å². The van der Waals surface area contributed by atoms with Gasteiger partial charge in [-0.3, -0.25) is 9.59 Å². The summed E-state index contributed by atoms with van der Waals surface area (Å²) in [6, 6.07) is 21.4. The van der Waals surface area contributed by atoms with Crippen LogP contribution in [0.4, 0.5) is 0 Å². The molecule has 6 nitrogen and oxygen atoms in total. The second-order valence-electron chi connectivity index (χ2n) is 9.56. The highest BCUT2D eigenvalue weighted by Gasteiger charge is 2.25. The summed E-state index contributed by atoms with van der Waals surface area (Å²) in [6.07, 6.45) is 5.86. The Morgan fingerprint density at radius 2 is 1.76 bits per heavy atom. The minimum Gasteiger partial charge on any atom is -0.497 e. The molecule has 0 aliphatic carbocycles. The molecule has 1 heterocycles. The number of unbranched alkanes of at least 4 members (excludes halogenated alkanes) is 2. The Morgan fingerprint density at radius 3 is 2.46 bits per heavy atom. The van der Waals surface area contributed by atoms with Crippen molar-refractivity contribution in [3.05, 3.63) is 89.7 Å². The number of benzene rings is 2. The van der Waals surface area contributed by atoms with Crippen molar-refractivity contribution < 1.29 is 14.3 Å². The van der Waals surface area contributed by atoms with Gasteiger partial charge in [-0.15, -0.1) is 0 Å². The first-order valence-electron chi connectivity index (χ1n) is 13.4. The fourth-order valence-electron chi connectivity index (χ4n) is 4.42. The van der Waals surface area contributed by atoms with E-state index in [2.05, 4.69) is 37.5 Å². The summed E-state index contributed by atoms with van der Waals surface area (Å²) < 4.78 is 7.55. The van der Waals surface area contributed by atoms with Gasteiger partial charge < -0.3 is 19.1 Å². The minimum absolute atomic E-state index is 0.0238. The molecule has 3 rings (SSSR count). The maximum Gasteiger partial charge on any atom is 0.254 e. The second kappa shape index (κ2) is 14.3. The van der Waals surface area contributed by atoms with E-state index in [0.29, 0.717) is 25.2 Å². The van der Waals surface area contributed by atoms with E-state index in [0.717, 1.165) is 42.7 Å². The largest absolute Gasteiger partial charge is 0.497 e. The number of aromatic nitrogens is 1. The Kier molecular flexibility index (Phi) is 10.8. The fourth-order valence-corrected chi connectivity index (χ4v) is 4.42. The van der Waals surface area contributed by atoms with E-state index in [1.54, 1.807) is 12.0 Å². The van der Waals surface area contributed by atoms with Gasteiger partial charge in [0.15, 0.2) is 0 Å². The molecule has 2 amide bonds. The smallest absolute Gasteiger partial charge is 0.254 e. The van der Waals surface area contributed by atoms with Crippen LogP contribution in [0.5, 0.6) is 5.75 Å². The second-order valence-corrected chi connectivity index (χ2v) is 9.56. The number of nitrogens with zero attached hydrogens (tertiary/aromatic N) is 3. The van der Waals surface area contributed by atoms with Crippen LogP contribution in [-0.2, 0) is 17.9 Å². The predicted octanol–water partition coefficient (Wildman–Crippen LogP) is 6.00. The SMILES string of the molecule is CCCCCN(CC(=O)N(Cc1cccn1Cc1cccc(OC)c1)C(C)CC)C(=O)c1ccccc1. The molecule has 1 unspecified atom stereocenters. The lowest BCUT2D eigenvalue weighted by Gasteiger charge is -2.32. The molecule has 37 heavy (non-hydrogen) atoms. The number of ether oxygens (including phenoxy) is 1. The molecule has 0 spiro atoms. The zero-order chi connectivity index (χ0) is 26.6. The summed E-state index contributed by atoms with van der Waals surface area (Å²) in [5.74, 6) is 0.716. The monoisotopic (exact) mass is 503 g/mol. The van der Waals surface area contributed by atoms with Crippen molar-refractivity contribution in [1.82, 2.24) is 14.4 Å². The van der Waals surface area contributed by atoms with Crippen molar-refractivity contribution >= 4 is 11.8 Å². The van der Waals surface area contributed by atoms with E-state index in [1.165, 1.54) is 0 Å². The van der Waals surface area contributed by atoms with Crippen molar-refractivity contribution in [1.29, 1.82) is 0 Å². The average Bonchev–Trinajstić information content (AvgIpc) is 3.37. The molecule has 0 saturated heterocycles. The zero-order valence-corrected chi connectivity index (χ0v) is 22.7. The third kappa shape index (κ3) is 7.97. The quantitative estimate of drug-likeness (QED) is 0.253. The highest BCUT2D eigenvalue weighted by molar-refractivity contribution is 5.96. The summed E-state index contributed by atoms with van der Waals surface area (Å²) in [4.78, 5) is 30.7. The molecule has 0 aliphatic heterocycles. The molecule has 1 atom stereocenters. The van der Waals surface area contributed by atoms with E-state index in [9.17, 15) is 9.59 Å². The van der Waals surface area contributed by atoms with Crippen molar-refractivity contribution in [2.24, 2.45) is 0 Å². The molecule has 198 valence electrons. The summed E-state index contributed by atoms with van der Waals surface area (Å²) in [5, 5.41) is 0. The van der Waals surface area contributed by atoms with Gasteiger partial charge in [0.05, 0.1) is 13.7 Å². The van der Waals surface area contributed by atoms with Crippen LogP contribution in [0.2, 0.25) is 0 Å². The minimum atomic E-state index is -0.0874. The first-order chi connectivity index (χ1) is 18.0. The average molecular weight is 504 g/mol. The molecular weight excluding hydrogens is 462 g/mol. The van der Waals surface area contributed by atoms with Crippen LogP contribution in [0, 0.1) is 0 Å². The van der Waals surface area contributed by atoms with Crippen molar-refractivity contribution in [2.75, 3.05) is 20.2 Å². The highest BCUT2D eigenvalue weighted by atomic mass is 16.5. The van der Waals surface area contributed by atoms with Crippen molar-refractivity contribution in [2.45, 2.75) is 65.6 Å². The van der Waals surface area contributed by atoms with Crippen LogP contribution in [0.15, 0.2) is 72.9 Å². The van der Waals surface area contributed by atoms with Gasteiger partial charge in [0.1, 0.15) is 12.3 Å². The van der Waals surface area contributed by atoms with Gasteiger partial charge in [0, 0.05) is 36.6 Å². The standard InChI is InChI=1S/C31H41N3O3/c1-5-7-11-19-33(31(36)27-15-9-8-10-16-27)24-30(35)34(25(3)6-2)23-28-17-13-20-32(28)22-26-14-12-18-29(21-26)37-4/h8-10,12-18,20-21,25H,5-7,11,19,22-24H2,1-4H3. The third-order valence-corrected chi connectivity index (χ3v) is 6.85. The van der Waals surface area contributed by atoms with Crippen LogP contribution in [-0.4, -0.2) is 52.4 Å². The van der Waals surface area contributed by atoms with Crippen molar-refractivity contribution in [3.8, 4) is 5.75 Å². The third-order valence-electron chi connectivity index (χ3n) is 6.85. The predicted molar refractivity (Wildman–Crippen MR) is 149 cm³/mol. The molecule has 0 bridgehead atoms. The molecule has 0 fully saturated rings. The maximum absolute atomic E-state index is 13.7. The fraction of sp³-hybridized carbons (Fsp3) is 0.419. The number of rotatable bonds is 14. The number of carbonyl (C=O) groups is 2. The molecule has 2 aromatic carbocycles. The first kappa shape index (κ1) is 28.0. The highest BCUT2D eigenvalue weighted by Crippen LogP contribution is 2.18. The molecule has 0 saturated carbocycles. The lowest BCUT2D eigenvalue weighted by Crippen LogP contribution is -2.46. The number of hydrogen-bond acceptors (Lipinski definition) is 3. The molecule has 0 N–H and O–H groups in total. The van der Waals surface area contributed by atoms with Gasteiger partial charge in [-0.1, -0.05) is 57.0 Å².